The Hall–Kier alpha value is -3.69. The van der Waals surface area contributed by atoms with Gasteiger partial charge in [-0.15, -0.1) is 0 Å². The Balaban J connectivity index is 1.54. The van der Waals surface area contributed by atoms with Gasteiger partial charge in [0.1, 0.15) is 12.1 Å². The van der Waals surface area contributed by atoms with Crippen LogP contribution in [0, 0.1) is 6.92 Å². The van der Waals surface area contributed by atoms with Crippen molar-refractivity contribution in [1.82, 2.24) is 14.5 Å². The van der Waals surface area contributed by atoms with Crippen molar-refractivity contribution in [2.45, 2.75) is 11.8 Å². The Labute approximate surface area is 190 Å². The second kappa shape index (κ2) is 8.81. The SMILES string of the molecule is Cc1ccc(NC(=O)c2ccc(-n3ccnc3)nc2)cc1S(=O)(=O)Nc1cccc(Cl)c1. The number of halogens is 1. The topological polar surface area (TPSA) is 106 Å². The van der Waals surface area contributed by atoms with E-state index in [2.05, 4.69) is 20.0 Å². The highest BCUT2D eigenvalue weighted by atomic mass is 35.5. The molecule has 0 aliphatic heterocycles. The largest absolute Gasteiger partial charge is 0.322 e. The summed E-state index contributed by atoms with van der Waals surface area (Å²) < 4.78 is 30.0. The van der Waals surface area contributed by atoms with Crippen LogP contribution >= 0.6 is 11.6 Å². The van der Waals surface area contributed by atoms with Crippen LogP contribution < -0.4 is 10.0 Å². The van der Waals surface area contributed by atoms with Gasteiger partial charge in [-0.1, -0.05) is 23.7 Å². The van der Waals surface area contributed by atoms with Gasteiger partial charge in [-0.2, -0.15) is 0 Å². The predicted octanol–water partition coefficient (Wildman–Crippen LogP) is 4.28. The molecule has 0 radical (unpaired) electrons. The first kappa shape index (κ1) is 21.5. The van der Waals surface area contributed by atoms with Crippen molar-refractivity contribution < 1.29 is 13.2 Å². The molecule has 0 aliphatic carbocycles. The Morgan fingerprint density at radius 1 is 1.06 bits per heavy atom. The Morgan fingerprint density at radius 3 is 2.59 bits per heavy atom. The van der Waals surface area contributed by atoms with Crippen molar-refractivity contribution >= 4 is 38.9 Å². The molecular weight excluding hydrogens is 450 g/mol. The third kappa shape index (κ3) is 4.79. The van der Waals surface area contributed by atoms with Crippen molar-refractivity contribution in [3.8, 4) is 5.82 Å². The first-order valence-electron chi connectivity index (χ1n) is 9.46. The summed E-state index contributed by atoms with van der Waals surface area (Å²) in [5, 5.41) is 3.13. The molecule has 0 fully saturated rings. The Morgan fingerprint density at radius 2 is 1.91 bits per heavy atom. The minimum atomic E-state index is -3.90. The van der Waals surface area contributed by atoms with Gasteiger partial charge in [0.25, 0.3) is 15.9 Å². The summed E-state index contributed by atoms with van der Waals surface area (Å²) >= 11 is 5.94. The molecule has 0 saturated carbocycles. The molecule has 2 heterocycles. The number of carbonyl (C=O) groups is 1. The van der Waals surface area contributed by atoms with Gasteiger partial charge in [-0.25, -0.2) is 18.4 Å². The van der Waals surface area contributed by atoms with E-state index >= 15 is 0 Å². The summed E-state index contributed by atoms with van der Waals surface area (Å²) in [6, 6.07) is 14.4. The van der Waals surface area contributed by atoms with E-state index in [9.17, 15) is 13.2 Å². The fourth-order valence-corrected chi connectivity index (χ4v) is 4.51. The number of aryl methyl sites for hydroxylation is 1. The highest BCUT2D eigenvalue weighted by Crippen LogP contribution is 2.24. The summed E-state index contributed by atoms with van der Waals surface area (Å²) in [6.07, 6.45) is 6.42. The Kier molecular flexibility index (Phi) is 5.93. The van der Waals surface area contributed by atoms with Gasteiger partial charge >= 0.3 is 0 Å². The van der Waals surface area contributed by atoms with E-state index in [1.807, 2.05) is 0 Å². The quantitative estimate of drug-likeness (QED) is 0.440. The van der Waals surface area contributed by atoms with E-state index in [-0.39, 0.29) is 4.90 Å². The molecule has 0 bridgehead atoms. The number of benzene rings is 2. The number of amides is 1. The van der Waals surface area contributed by atoms with Gasteiger partial charge in [0.15, 0.2) is 0 Å². The molecule has 0 spiro atoms. The lowest BCUT2D eigenvalue weighted by molar-refractivity contribution is 0.102. The molecule has 4 aromatic rings. The first-order valence-corrected chi connectivity index (χ1v) is 11.3. The molecule has 2 aromatic heterocycles. The van der Waals surface area contributed by atoms with Crippen LogP contribution in [0.3, 0.4) is 0 Å². The van der Waals surface area contributed by atoms with Crippen LogP contribution in [-0.2, 0) is 10.0 Å². The van der Waals surface area contributed by atoms with Crippen molar-refractivity contribution in [2.75, 3.05) is 10.0 Å². The lowest BCUT2D eigenvalue weighted by Crippen LogP contribution is -2.16. The number of carbonyl (C=O) groups excluding carboxylic acids is 1. The molecule has 8 nitrogen and oxygen atoms in total. The number of nitrogens with zero attached hydrogens (tertiary/aromatic N) is 3. The number of anilines is 2. The predicted molar refractivity (Wildman–Crippen MR) is 123 cm³/mol. The van der Waals surface area contributed by atoms with Gasteiger partial charge < -0.3 is 5.32 Å². The highest BCUT2D eigenvalue weighted by Gasteiger charge is 2.19. The summed E-state index contributed by atoms with van der Waals surface area (Å²) in [6.45, 7) is 1.68. The minimum Gasteiger partial charge on any atom is -0.322 e. The van der Waals surface area contributed by atoms with Gasteiger partial charge in [-0.3, -0.25) is 14.1 Å². The average Bonchev–Trinajstić information content (AvgIpc) is 3.30. The number of imidazole rings is 1. The third-order valence-electron chi connectivity index (χ3n) is 4.59. The number of rotatable bonds is 6. The lowest BCUT2D eigenvalue weighted by Gasteiger charge is -2.13. The number of hydrogen-bond acceptors (Lipinski definition) is 5. The van der Waals surface area contributed by atoms with Crippen LogP contribution in [0.15, 0.2) is 84.4 Å². The van der Waals surface area contributed by atoms with Gasteiger partial charge in [-0.05, 0) is 55.0 Å². The van der Waals surface area contributed by atoms with Crippen molar-refractivity contribution in [1.29, 1.82) is 0 Å². The zero-order chi connectivity index (χ0) is 22.7. The molecule has 1 amide bonds. The molecule has 162 valence electrons. The normalized spacial score (nSPS) is 11.2. The fourth-order valence-electron chi connectivity index (χ4n) is 3.00. The van der Waals surface area contributed by atoms with Crippen LogP contribution in [0.5, 0.6) is 0 Å². The summed E-state index contributed by atoms with van der Waals surface area (Å²) in [5.41, 5.74) is 1.54. The second-order valence-corrected chi connectivity index (χ2v) is 9.01. The van der Waals surface area contributed by atoms with E-state index in [0.717, 1.165) is 0 Å². The zero-order valence-corrected chi connectivity index (χ0v) is 18.4. The van der Waals surface area contributed by atoms with Gasteiger partial charge in [0.2, 0.25) is 0 Å². The van der Waals surface area contributed by atoms with Crippen LogP contribution in [-0.4, -0.2) is 28.9 Å². The van der Waals surface area contributed by atoms with Crippen LogP contribution in [0.4, 0.5) is 11.4 Å². The standard InChI is InChI=1S/C22H18ClN5O3S/c1-15-5-7-18(12-20(15)32(30,31)27-19-4-2-3-17(23)11-19)26-22(29)16-6-8-21(25-13-16)28-10-9-24-14-28/h2-14,27H,1H3,(H,26,29). The molecule has 0 unspecified atom stereocenters. The molecule has 2 aromatic carbocycles. The minimum absolute atomic E-state index is 0.0452. The molecule has 0 atom stereocenters. The van der Waals surface area contributed by atoms with Gasteiger partial charge in [0.05, 0.1) is 16.1 Å². The van der Waals surface area contributed by atoms with E-state index in [1.54, 1.807) is 72.7 Å². The molecule has 0 aliphatic rings. The van der Waals surface area contributed by atoms with Crippen molar-refractivity contribution in [3.05, 3.63) is 95.7 Å². The molecule has 4 rings (SSSR count). The lowest BCUT2D eigenvalue weighted by atomic mass is 10.2. The first-order chi connectivity index (χ1) is 15.3. The highest BCUT2D eigenvalue weighted by molar-refractivity contribution is 7.92. The summed E-state index contributed by atoms with van der Waals surface area (Å²) in [5.74, 6) is 0.208. The average molecular weight is 468 g/mol. The number of pyridine rings is 1. The third-order valence-corrected chi connectivity index (χ3v) is 6.35. The van der Waals surface area contributed by atoms with E-state index in [0.29, 0.717) is 33.3 Å². The number of sulfonamides is 1. The molecule has 2 N–H and O–H groups in total. The summed E-state index contributed by atoms with van der Waals surface area (Å²) in [7, 11) is -3.90. The van der Waals surface area contributed by atoms with Gasteiger partial charge in [0, 0.05) is 29.3 Å². The maximum absolute atomic E-state index is 12.9. The second-order valence-electron chi connectivity index (χ2n) is 6.93. The number of nitrogens with one attached hydrogen (secondary N) is 2. The molecule has 0 saturated heterocycles. The van der Waals surface area contributed by atoms with Crippen molar-refractivity contribution in [2.24, 2.45) is 0 Å². The zero-order valence-electron chi connectivity index (χ0n) is 16.9. The fraction of sp³-hybridized carbons (Fsp3) is 0.0455. The Bertz CT molecular complexity index is 1370. The number of hydrogen-bond donors (Lipinski definition) is 2. The van der Waals surface area contributed by atoms with E-state index in [1.165, 1.54) is 18.3 Å². The van der Waals surface area contributed by atoms with Crippen LogP contribution in [0.25, 0.3) is 5.82 Å². The maximum atomic E-state index is 12.9. The van der Waals surface area contributed by atoms with E-state index < -0.39 is 15.9 Å². The van der Waals surface area contributed by atoms with E-state index in [4.69, 9.17) is 11.6 Å². The van der Waals surface area contributed by atoms with Crippen molar-refractivity contribution in [3.63, 3.8) is 0 Å². The number of aromatic nitrogens is 3. The monoisotopic (exact) mass is 467 g/mol. The van der Waals surface area contributed by atoms with Crippen LogP contribution in [0.2, 0.25) is 5.02 Å². The van der Waals surface area contributed by atoms with Crippen LogP contribution in [0.1, 0.15) is 15.9 Å². The maximum Gasteiger partial charge on any atom is 0.262 e. The molecule has 10 heteroatoms. The molecule has 32 heavy (non-hydrogen) atoms. The smallest absolute Gasteiger partial charge is 0.262 e. The summed E-state index contributed by atoms with van der Waals surface area (Å²) in [4.78, 5) is 20.9. The molecular formula is C22H18ClN5O3S.